The number of para-hydroxylation sites is 1. The minimum atomic E-state index is 0.627. The molecule has 0 amide bonds. The van der Waals surface area contributed by atoms with Crippen LogP contribution in [0.5, 0.6) is 0 Å². The SMILES string of the molecule is CN(C)CCNc1nc(Nc2ccccc2I)cc(-c2ccccc2)n1. The summed E-state index contributed by atoms with van der Waals surface area (Å²) in [7, 11) is 4.10. The third-order valence-corrected chi connectivity index (χ3v) is 4.72. The van der Waals surface area contributed by atoms with E-state index in [1.807, 2.05) is 56.6 Å². The smallest absolute Gasteiger partial charge is 0.225 e. The molecule has 0 saturated carbocycles. The van der Waals surface area contributed by atoms with Crippen molar-refractivity contribution in [3.63, 3.8) is 0 Å². The third kappa shape index (κ3) is 5.15. The molecule has 3 rings (SSSR count). The summed E-state index contributed by atoms with van der Waals surface area (Å²) in [5.74, 6) is 1.40. The van der Waals surface area contributed by atoms with Gasteiger partial charge in [-0.1, -0.05) is 42.5 Å². The van der Waals surface area contributed by atoms with Crippen LogP contribution < -0.4 is 10.6 Å². The molecule has 26 heavy (non-hydrogen) atoms. The molecular formula is C20H22IN5. The molecule has 0 radical (unpaired) electrons. The van der Waals surface area contributed by atoms with E-state index in [9.17, 15) is 0 Å². The Morgan fingerprint density at radius 2 is 1.69 bits per heavy atom. The molecule has 0 fully saturated rings. The molecule has 2 aromatic carbocycles. The summed E-state index contributed by atoms with van der Waals surface area (Å²) < 4.78 is 1.15. The van der Waals surface area contributed by atoms with E-state index in [1.54, 1.807) is 0 Å². The molecule has 0 spiro atoms. The molecule has 1 heterocycles. The fourth-order valence-electron chi connectivity index (χ4n) is 2.44. The first kappa shape index (κ1) is 18.6. The van der Waals surface area contributed by atoms with E-state index < -0.39 is 0 Å². The number of rotatable bonds is 7. The van der Waals surface area contributed by atoms with Crippen LogP contribution in [0.2, 0.25) is 0 Å². The maximum atomic E-state index is 4.68. The monoisotopic (exact) mass is 459 g/mol. The highest BCUT2D eigenvalue weighted by atomic mass is 127. The van der Waals surface area contributed by atoms with Gasteiger partial charge in [0.15, 0.2) is 0 Å². The molecule has 1 aromatic heterocycles. The number of nitrogens with one attached hydrogen (secondary N) is 2. The molecule has 0 aliphatic heterocycles. The Morgan fingerprint density at radius 1 is 0.962 bits per heavy atom. The molecular weight excluding hydrogens is 437 g/mol. The summed E-state index contributed by atoms with van der Waals surface area (Å²) in [5.41, 5.74) is 2.99. The van der Waals surface area contributed by atoms with Gasteiger partial charge < -0.3 is 15.5 Å². The van der Waals surface area contributed by atoms with E-state index in [1.165, 1.54) is 0 Å². The second kappa shape index (κ2) is 8.95. The van der Waals surface area contributed by atoms with Gasteiger partial charge in [0.1, 0.15) is 5.82 Å². The Morgan fingerprint density at radius 3 is 2.42 bits per heavy atom. The van der Waals surface area contributed by atoms with E-state index in [0.29, 0.717) is 5.95 Å². The topological polar surface area (TPSA) is 53.1 Å². The minimum absolute atomic E-state index is 0.627. The van der Waals surface area contributed by atoms with Crippen LogP contribution in [0, 0.1) is 3.57 Å². The van der Waals surface area contributed by atoms with Gasteiger partial charge in [-0.25, -0.2) is 4.98 Å². The number of aromatic nitrogens is 2. The van der Waals surface area contributed by atoms with E-state index >= 15 is 0 Å². The van der Waals surface area contributed by atoms with Crippen LogP contribution in [0.1, 0.15) is 0 Å². The maximum absolute atomic E-state index is 4.68. The van der Waals surface area contributed by atoms with Crippen LogP contribution in [0.25, 0.3) is 11.3 Å². The summed E-state index contributed by atoms with van der Waals surface area (Å²) in [5, 5.41) is 6.73. The Hall–Kier alpha value is -2.19. The standard InChI is InChI=1S/C20H22IN5/c1-26(2)13-12-22-20-24-18(15-8-4-3-5-9-15)14-19(25-20)23-17-11-7-6-10-16(17)21/h3-11,14H,12-13H2,1-2H3,(H2,22,23,24,25). The van der Waals surface area contributed by atoms with Gasteiger partial charge in [0.25, 0.3) is 0 Å². The number of hydrogen-bond donors (Lipinski definition) is 2. The predicted octanol–water partition coefficient (Wildman–Crippen LogP) is 4.47. The van der Waals surface area contributed by atoms with E-state index in [0.717, 1.165) is 39.4 Å². The van der Waals surface area contributed by atoms with Crippen molar-refractivity contribution in [2.24, 2.45) is 0 Å². The lowest BCUT2D eigenvalue weighted by atomic mass is 10.1. The van der Waals surface area contributed by atoms with Gasteiger partial charge in [0.2, 0.25) is 5.95 Å². The van der Waals surface area contributed by atoms with Crippen LogP contribution in [0.4, 0.5) is 17.5 Å². The van der Waals surface area contributed by atoms with Crippen LogP contribution in [0.15, 0.2) is 60.7 Å². The summed E-state index contributed by atoms with van der Waals surface area (Å²) in [6.07, 6.45) is 0. The van der Waals surface area contributed by atoms with Gasteiger partial charge >= 0.3 is 0 Å². The van der Waals surface area contributed by atoms with Gasteiger partial charge in [-0.05, 0) is 48.8 Å². The highest BCUT2D eigenvalue weighted by Gasteiger charge is 2.08. The summed E-state index contributed by atoms with van der Waals surface area (Å²) >= 11 is 2.32. The number of benzene rings is 2. The number of anilines is 3. The predicted molar refractivity (Wildman–Crippen MR) is 117 cm³/mol. The Balaban J connectivity index is 1.90. The van der Waals surface area contributed by atoms with Gasteiger partial charge in [-0.3, -0.25) is 0 Å². The van der Waals surface area contributed by atoms with Crippen molar-refractivity contribution in [2.75, 3.05) is 37.8 Å². The van der Waals surface area contributed by atoms with Crippen LogP contribution in [0.3, 0.4) is 0 Å². The Kier molecular flexibility index (Phi) is 6.40. The Labute approximate surface area is 168 Å². The fourth-order valence-corrected chi connectivity index (χ4v) is 2.96. The average Bonchev–Trinajstić information content (AvgIpc) is 2.64. The molecule has 2 N–H and O–H groups in total. The first-order chi connectivity index (χ1) is 12.6. The van der Waals surface area contributed by atoms with Gasteiger partial charge in [0.05, 0.1) is 11.4 Å². The quantitative estimate of drug-likeness (QED) is 0.511. The van der Waals surface area contributed by atoms with Crippen LogP contribution in [-0.4, -0.2) is 42.1 Å². The normalized spacial score (nSPS) is 10.8. The molecule has 0 atom stereocenters. The molecule has 0 aliphatic rings. The third-order valence-electron chi connectivity index (χ3n) is 3.77. The van der Waals surface area contributed by atoms with Crippen molar-refractivity contribution < 1.29 is 0 Å². The number of hydrogen-bond acceptors (Lipinski definition) is 5. The van der Waals surface area contributed by atoms with E-state index in [-0.39, 0.29) is 0 Å². The molecule has 0 bridgehead atoms. The molecule has 134 valence electrons. The summed E-state index contributed by atoms with van der Waals surface area (Å²) in [6.45, 7) is 1.70. The maximum Gasteiger partial charge on any atom is 0.225 e. The zero-order chi connectivity index (χ0) is 18.4. The van der Waals surface area contributed by atoms with Crippen molar-refractivity contribution in [3.8, 4) is 11.3 Å². The van der Waals surface area contributed by atoms with Crippen molar-refractivity contribution in [1.29, 1.82) is 0 Å². The first-order valence-electron chi connectivity index (χ1n) is 8.46. The highest BCUT2D eigenvalue weighted by molar-refractivity contribution is 14.1. The molecule has 0 aliphatic carbocycles. The second-order valence-electron chi connectivity index (χ2n) is 6.16. The average molecular weight is 459 g/mol. The molecule has 0 unspecified atom stereocenters. The zero-order valence-electron chi connectivity index (χ0n) is 14.9. The van der Waals surface area contributed by atoms with Crippen molar-refractivity contribution in [2.45, 2.75) is 0 Å². The highest BCUT2D eigenvalue weighted by Crippen LogP contribution is 2.25. The van der Waals surface area contributed by atoms with Crippen LogP contribution in [-0.2, 0) is 0 Å². The number of nitrogens with zero attached hydrogens (tertiary/aromatic N) is 3. The van der Waals surface area contributed by atoms with Gasteiger partial charge in [-0.15, -0.1) is 0 Å². The molecule has 3 aromatic rings. The van der Waals surface area contributed by atoms with Crippen molar-refractivity contribution in [1.82, 2.24) is 14.9 Å². The number of likely N-dealkylation sites (N-methyl/N-ethyl adjacent to an activating group) is 1. The molecule has 0 saturated heterocycles. The first-order valence-corrected chi connectivity index (χ1v) is 9.54. The largest absolute Gasteiger partial charge is 0.353 e. The lowest BCUT2D eigenvalue weighted by Gasteiger charge is -2.14. The van der Waals surface area contributed by atoms with Gasteiger partial charge in [0, 0.05) is 28.3 Å². The summed E-state index contributed by atoms with van der Waals surface area (Å²) in [4.78, 5) is 11.4. The zero-order valence-corrected chi connectivity index (χ0v) is 17.1. The second-order valence-corrected chi connectivity index (χ2v) is 7.33. The molecule has 5 nitrogen and oxygen atoms in total. The van der Waals surface area contributed by atoms with E-state index in [2.05, 4.69) is 66.3 Å². The summed E-state index contributed by atoms with van der Waals surface area (Å²) in [6, 6.07) is 20.3. The van der Waals surface area contributed by atoms with Gasteiger partial charge in [-0.2, -0.15) is 4.98 Å². The van der Waals surface area contributed by atoms with E-state index in [4.69, 9.17) is 0 Å². The van der Waals surface area contributed by atoms with Crippen molar-refractivity contribution >= 4 is 40.0 Å². The number of halogens is 1. The lowest BCUT2D eigenvalue weighted by Crippen LogP contribution is -2.21. The fraction of sp³-hybridized carbons (Fsp3) is 0.200. The minimum Gasteiger partial charge on any atom is -0.353 e. The van der Waals surface area contributed by atoms with Crippen LogP contribution >= 0.6 is 22.6 Å². The lowest BCUT2D eigenvalue weighted by molar-refractivity contribution is 0.425. The Bertz CT molecular complexity index is 852. The molecule has 6 heteroatoms. The van der Waals surface area contributed by atoms with Crippen molar-refractivity contribution in [3.05, 3.63) is 64.2 Å².